The Morgan fingerprint density at radius 2 is 1.57 bits per heavy atom. The summed E-state index contributed by atoms with van der Waals surface area (Å²) in [5, 5.41) is 9.60. The van der Waals surface area contributed by atoms with Gasteiger partial charge in [-0.3, -0.25) is 4.99 Å². The molecule has 0 aliphatic rings. The van der Waals surface area contributed by atoms with E-state index in [0.29, 0.717) is 0 Å². The van der Waals surface area contributed by atoms with E-state index in [1.165, 1.54) is 51.4 Å². The number of rotatable bonds is 14. The Morgan fingerprint density at radius 3 is 2.30 bits per heavy atom. The number of phenols is 1. The number of hydrogen-bond acceptors (Lipinski definition) is 3. The number of hydrogen-bond donors (Lipinski definition) is 1. The van der Waals surface area contributed by atoms with Gasteiger partial charge in [0.2, 0.25) is 0 Å². The molecular formula is C20H33NO2. The van der Waals surface area contributed by atoms with Gasteiger partial charge in [-0.15, -0.1) is 0 Å². The Kier molecular flexibility index (Phi) is 12.2. The van der Waals surface area contributed by atoms with Crippen molar-refractivity contribution in [3.63, 3.8) is 0 Å². The second kappa shape index (κ2) is 14.3. The van der Waals surface area contributed by atoms with Gasteiger partial charge >= 0.3 is 0 Å². The second-order valence-electron chi connectivity index (χ2n) is 6.03. The number of ether oxygens (including phenoxy) is 1. The highest BCUT2D eigenvalue weighted by Crippen LogP contribution is 2.12. The molecule has 1 aromatic carbocycles. The summed E-state index contributed by atoms with van der Waals surface area (Å²) in [5.74, 6) is 0.280. The second-order valence-corrected chi connectivity index (χ2v) is 6.03. The lowest BCUT2D eigenvalue weighted by Crippen LogP contribution is -1.99. The van der Waals surface area contributed by atoms with Gasteiger partial charge in [0.05, 0.1) is 0 Å². The van der Waals surface area contributed by atoms with Crippen LogP contribution in [0.4, 0.5) is 0 Å². The van der Waals surface area contributed by atoms with E-state index in [2.05, 4.69) is 11.9 Å². The molecule has 0 aliphatic heterocycles. The molecule has 0 atom stereocenters. The summed E-state index contributed by atoms with van der Waals surface area (Å²) in [6.07, 6.45) is 13.3. The van der Waals surface area contributed by atoms with Crippen molar-refractivity contribution in [3.8, 4) is 5.75 Å². The van der Waals surface area contributed by atoms with E-state index in [1.807, 2.05) is 18.2 Å². The number of benzene rings is 1. The van der Waals surface area contributed by atoms with Crippen molar-refractivity contribution >= 4 is 6.21 Å². The molecule has 0 radical (unpaired) electrons. The molecule has 1 aromatic rings. The molecule has 0 aliphatic carbocycles. The average molecular weight is 319 g/mol. The van der Waals surface area contributed by atoms with Crippen molar-refractivity contribution < 1.29 is 9.84 Å². The van der Waals surface area contributed by atoms with Gasteiger partial charge in [-0.05, 0) is 25.0 Å². The van der Waals surface area contributed by atoms with Crippen LogP contribution in [0.3, 0.4) is 0 Å². The van der Waals surface area contributed by atoms with Crippen molar-refractivity contribution in [1.82, 2.24) is 0 Å². The van der Waals surface area contributed by atoms with Crippen LogP contribution in [0.25, 0.3) is 0 Å². The normalized spacial score (nSPS) is 11.3. The molecule has 0 fully saturated rings. The first-order valence-corrected chi connectivity index (χ1v) is 9.20. The first kappa shape index (κ1) is 19.7. The predicted molar refractivity (Wildman–Crippen MR) is 98.6 cm³/mol. The lowest BCUT2D eigenvalue weighted by Gasteiger charge is -2.03. The van der Waals surface area contributed by atoms with Crippen LogP contribution in [0.15, 0.2) is 29.3 Å². The number of aliphatic imine (C=N–C) groups is 1. The fraction of sp³-hybridized carbons (Fsp3) is 0.650. The fourth-order valence-electron chi connectivity index (χ4n) is 2.46. The largest absolute Gasteiger partial charge is 0.507 e. The summed E-state index contributed by atoms with van der Waals surface area (Å²) >= 11 is 0. The highest BCUT2D eigenvalue weighted by atomic mass is 16.5. The number of phenolic OH excluding ortho intramolecular Hbond substituents is 1. The zero-order chi connectivity index (χ0) is 16.6. The monoisotopic (exact) mass is 319 g/mol. The number of unbranched alkanes of at least 4 members (excludes halogenated alkanes) is 7. The quantitative estimate of drug-likeness (QED) is 0.370. The van der Waals surface area contributed by atoms with Gasteiger partial charge < -0.3 is 9.84 Å². The van der Waals surface area contributed by atoms with Crippen LogP contribution in [0.1, 0.15) is 70.3 Å². The van der Waals surface area contributed by atoms with Crippen LogP contribution in [-0.2, 0) is 4.74 Å². The molecule has 0 bridgehead atoms. The van der Waals surface area contributed by atoms with E-state index in [4.69, 9.17) is 4.74 Å². The van der Waals surface area contributed by atoms with Gasteiger partial charge in [-0.1, -0.05) is 64.0 Å². The third-order valence-corrected chi connectivity index (χ3v) is 3.89. The molecule has 0 saturated heterocycles. The molecule has 1 N–H and O–H groups in total. The first-order chi connectivity index (χ1) is 11.3. The van der Waals surface area contributed by atoms with Crippen LogP contribution >= 0.6 is 0 Å². The van der Waals surface area contributed by atoms with Gasteiger partial charge in [-0.2, -0.15) is 0 Å². The molecule has 0 spiro atoms. The lowest BCUT2D eigenvalue weighted by molar-refractivity contribution is 0.129. The zero-order valence-corrected chi connectivity index (χ0v) is 14.7. The Hall–Kier alpha value is -1.35. The molecule has 23 heavy (non-hydrogen) atoms. The summed E-state index contributed by atoms with van der Waals surface area (Å²) in [6, 6.07) is 7.24. The maximum atomic E-state index is 9.60. The van der Waals surface area contributed by atoms with Crippen LogP contribution < -0.4 is 0 Å². The fourth-order valence-corrected chi connectivity index (χ4v) is 2.46. The minimum Gasteiger partial charge on any atom is -0.507 e. The Labute approximate surface area is 141 Å². The number of nitrogens with zero attached hydrogens (tertiary/aromatic N) is 1. The molecule has 3 nitrogen and oxygen atoms in total. The van der Waals surface area contributed by atoms with E-state index in [0.717, 1.165) is 31.7 Å². The van der Waals surface area contributed by atoms with E-state index >= 15 is 0 Å². The molecule has 1 rings (SSSR count). The molecule has 0 heterocycles. The predicted octanol–water partition coefficient (Wildman–Crippen LogP) is 5.36. The molecule has 0 amide bonds. The summed E-state index contributed by atoms with van der Waals surface area (Å²) in [4.78, 5) is 4.32. The van der Waals surface area contributed by atoms with Crippen molar-refractivity contribution in [3.05, 3.63) is 29.8 Å². The highest BCUT2D eigenvalue weighted by Gasteiger charge is 1.95. The van der Waals surface area contributed by atoms with Gasteiger partial charge in [0.15, 0.2) is 0 Å². The lowest BCUT2D eigenvalue weighted by atomic mass is 10.1. The number of para-hydroxylation sites is 1. The van der Waals surface area contributed by atoms with E-state index in [9.17, 15) is 5.11 Å². The van der Waals surface area contributed by atoms with Gasteiger partial charge in [0.1, 0.15) is 5.75 Å². The zero-order valence-electron chi connectivity index (χ0n) is 14.7. The molecular weight excluding hydrogens is 286 g/mol. The molecule has 0 unspecified atom stereocenters. The molecule has 130 valence electrons. The summed E-state index contributed by atoms with van der Waals surface area (Å²) in [5.41, 5.74) is 0.771. The van der Waals surface area contributed by atoms with Crippen molar-refractivity contribution in [1.29, 1.82) is 0 Å². The maximum absolute atomic E-state index is 9.60. The van der Waals surface area contributed by atoms with Gasteiger partial charge in [-0.25, -0.2) is 0 Å². The summed E-state index contributed by atoms with van der Waals surface area (Å²) in [7, 11) is 0. The minimum absolute atomic E-state index is 0.280. The molecule has 3 heteroatoms. The third-order valence-electron chi connectivity index (χ3n) is 3.89. The first-order valence-electron chi connectivity index (χ1n) is 9.20. The third kappa shape index (κ3) is 10.9. The Morgan fingerprint density at radius 1 is 0.913 bits per heavy atom. The van der Waals surface area contributed by atoms with Crippen molar-refractivity contribution in [2.45, 2.75) is 64.7 Å². The average Bonchev–Trinajstić information content (AvgIpc) is 2.57. The van der Waals surface area contributed by atoms with Crippen LogP contribution in [0.2, 0.25) is 0 Å². The van der Waals surface area contributed by atoms with Gasteiger partial charge in [0.25, 0.3) is 0 Å². The van der Waals surface area contributed by atoms with E-state index in [-0.39, 0.29) is 5.75 Å². The summed E-state index contributed by atoms with van der Waals surface area (Å²) < 4.78 is 5.63. The van der Waals surface area contributed by atoms with E-state index in [1.54, 1.807) is 12.3 Å². The molecule has 0 saturated carbocycles. The summed E-state index contributed by atoms with van der Waals surface area (Å²) in [6.45, 7) is 4.65. The smallest absolute Gasteiger partial charge is 0.124 e. The number of aromatic hydroxyl groups is 1. The van der Waals surface area contributed by atoms with Crippen LogP contribution in [0, 0.1) is 0 Å². The Bertz CT molecular complexity index is 418. The van der Waals surface area contributed by atoms with Crippen molar-refractivity contribution in [2.24, 2.45) is 4.99 Å². The highest BCUT2D eigenvalue weighted by molar-refractivity contribution is 5.83. The van der Waals surface area contributed by atoms with E-state index < -0.39 is 0 Å². The van der Waals surface area contributed by atoms with Crippen molar-refractivity contribution in [2.75, 3.05) is 19.8 Å². The van der Waals surface area contributed by atoms with Crippen LogP contribution in [-0.4, -0.2) is 31.1 Å². The van der Waals surface area contributed by atoms with Crippen LogP contribution in [0.5, 0.6) is 5.75 Å². The SMILES string of the molecule is CCCCCCCCCCOCCCN=Cc1ccccc1O. The van der Waals surface area contributed by atoms with Gasteiger partial charge in [0, 0.05) is 31.5 Å². The topological polar surface area (TPSA) is 41.8 Å². The molecule has 0 aromatic heterocycles. The maximum Gasteiger partial charge on any atom is 0.124 e. The standard InChI is InChI=1S/C20H33NO2/c1-2-3-4-5-6-7-8-11-16-23-17-12-15-21-18-19-13-9-10-14-20(19)22/h9-10,13-14,18,22H,2-8,11-12,15-17H2,1H3. The minimum atomic E-state index is 0.280. The Balaban J connectivity index is 1.86.